The Kier molecular flexibility index (Phi) is 33.6. The van der Waals surface area contributed by atoms with Gasteiger partial charge in [-0.05, 0) is 34.2 Å². The molecular weight excluding hydrogens is 959 g/mol. The maximum absolute atomic E-state index is 12.7. The lowest BCUT2D eigenvalue weighted by Gasteiger charge is -2.20. The Morgan fingerprint density at radius 1 is 0.486 bits per heavy atom. The smallest absolute Gasteiger partial charge is 0.407 e. The number of carboxylic acid groups (broad SMARTS) is 1. The van der Waals surface area contributed by atoms with E-state index in [4.69, 9.17) is 61.7 Å². The topological polar surface area (TPSA) is 228 Å². The van der Waals surface area contributed by atoms with Gasteiger partial charge in [-0.3, -0.25) is 9.63 Å². The Morgan fingerprint density at radius 3 is 1.26 bits per heavy atom. The van der Waals surface area contributed by atoms with E-state index in [9.17, 15) is 19.5 Å². The lowest BCUT2D eigenvalue weighted by molar-refractivity contribution is -0.142. The number of carbonyl (C=O) groups is 3. The molecule has 4 rings (SSSR count). The summed E-state index contributed by atoms with van der Waals surface area (Å²) in [6.45, 7) is 10.2. The number of alkyl carbamates (subject to hydrolysis) is 1. The normalized spacial score (nSPS) is 12.8. The highest BCUT2D eigenvalue weighted by Crippen LogP contribution is 2.44. The minimum absolute atomic E-state index is 0.0250. The number of carboxylic acids is 1. The molecule has 0 heterocycles. The van der Waals surface area contributed by atoms with Crippen molar-refractivity contribution in [2.24, 2.45) is 0 Å². The van der Waals surface area contributed by atoms with Crippen LogP contribution in [0.25, 0.3) is 11.1 Å². The van der Waals surface area contributed by atoms with Gasteiger partial charge in [-0.25, -0.2) is 9.59 Å². The summed E-state index contributed by atoms with van der Waals surface area (Å²) in [5.74, 6) is -1.69. The van der Waals surface area contributed by atoms with Gasteiger partial charge < -0.3 is 72.6 Å². The number of rotatable bonds is 46. The standard InChI is InChI=1S/C51H75N3O17S/c55-49(53-48(40-72)50(56)57)47(38-41-8-2-1-3-9-41)54-71-37-36-69-35-34-68-33-32-67-31-30-66-29-28-65-27-26-64-25-24-63-23-22-62-21-20-61-19-18-60-17-16-59-15-14-52-51(58)70-39-46-44-12-6-4-10-42(44)43-11-5-7-13-45(43)46/h1-13,46-48,54,72H,14-40H2,(H,52,58)(H,53,55)(H,56,57)/t47-,48+/m1/s1. The maximum atomic E-state index is 12.7. The second-order valence-electron chi connectivity index (χ2n) is 15.8. The predicted molar refractivity (Wildman–Crippen MR) is 269 cm³/mol. The molecular formula is C51H75N3O17S. The first-order valence-electron chi connectivity index (χ1n) is 24.5. The number of aliphatic carboxylic acids is 1. The summed E-state index contributed by atoms with van der Waals surface area (Å²) in [7, 11) is 0. The third-order valence-corrected chi connectivity index (χ3v) is 10.9. The minimum Gasteiger partial charge on any atom is -0.480 e. The number of hydrogen-bond acceptors (Lipinski definition) is 18. The largest absolute Gasteiger partial charge is 0.480 e. The van der Waals surface area contributed by atoms with E-state index < -0.39 is 30.1 Å². The summed E-state index contributed by atoms with van der Waals surface area (Å²) < 4.78 is 66.2. The Bertz CT molecular complexity index is 1830. The van der Waals surface area contributed by atoms with E-state index in [0.29, 0.717) is 152 Å². The molecule has 0 radical (unpaired) electrons. The zero-order valence-electron chi connectivity index (χ0n) is 41.3. The fourth-order valence-electron chi connectivity index (χ4n) is 6.93. The van der Waals surface area contributed by atoms with Crippen LogP contribution in [0.15, 0.2) is 78.9 Å². The second kappa shape index (κ2) is 40.1. The van der Waals surface area contributed by atoms with Crippen LogP contribution in [0.1, 0.15) is 22.6 Å². The van der Waals surface area contributed by atoms with E-state index >= 15 is 0 Å². The first-order chi connectivity index (χ1) is 35.5. The van der Waals surface area contributed by atoms with Gasteiger partial charge in [0.25, 0.3) is 0 Å². The molecule has 2 amide bonds. The first kappa shape index (κ1) is 60.3. The summed E-state index contributed by atoms with van der Waals surface area (Å²) in [6.07, 6.45) is -0.162. The average Bonchev–Trinajstić information content (AvgIpc) is 3.72. The molecule has 0 saturated heterocycles. The SMILES string of the molecule is O=C(NCCOCCOCCOCCOCCOCCOCCOCCOCCOCCOCCOCCON[C@H](Cc1ccccc1)C(=O)N[C@@H](CS)C(=O)O)OCC1c2ccccc2-c2ccccc21. The number of ether oxygens (including phenoxy) is 12. The molecule has 0 unspecified atom stereocenters. The number of thiol groups is 1. The molecule has 0 fully saturated rings. The van der Waals surface area contributed by atoms with Gasteiger partial charge in [0, 0.05) is 18.2 Å². The highest BCUT2D eigenvalue weighted by atomic mass is 32.1. The third kappa shape index (κ3) is 26.6. The van der Waals surface area contributed by atoms with E-state index in [0.717, 1.165) is 5.56 Å². The number of nitrogens with one attached hydrogen (secondary N) is 3. The van der Waals surface area contributed by atoms with Crippen molar-refractivity contribution in [2.75, 3.05) is 171 Å². The van der Waals surface area contributed by atoms with Crippen molar-refractivity contribution >= 4 is 30.6 Å². The van der Waals surface area contributed by atoms with E-state index in [1.165, 1.54) is 22.3 Å². The van der Waals surface area contributed by atoms with Crippen LogP contribution in [0.2, 0.25) is 0 Å². The van der Waals surface area contributed by atoms with Gasteiger partial charge >= 0.3 is 12.1 Å². The van der Waals surface area contributed by atoms with Gasteiger partial charge in [0.05, 0.1) is 152 Å². The predicted octanol–water partition coefficient (Wildman–Crippen LogP) is 3.34. The Balaban J connectivity index is 0.784. The highest BCUT2D eigenvalue weighted by molar-refractivity contribution is 7.80. The molecule has 0 bridgehead atoms. The maximum Gasteiger partial charge on any atom is 0.407 e. The fourth-order valence-corrected chi connectivity index (χ4v) is 7.18. The Morgan fingerprint density at radius 2 is 0.861 bits per heavy atom. The molecule has 20 nitrogen and oxygen atoms in total. The highest BCUT2D eigenvalue weighted by Gasteiger charge is 2.29. The minimum atomic E-state index is -1.16. The number of hydroxylamine groups is 1. The summed E-state index contributed by atoms with van der Waals surface area (Å²) in [6, 6.07) is 23.9. The zero-order valence-corrected chi connectivity index (χ0v) is 42.2. The lowest BCUT2D eigenvalue weighted by Crippen LogP contribution is -2.51. The van der Waals surface area contributed by atoms with Crippen LogP contribution in [0.4, 0.5) is 4.79 Å². The zero-order chi connectivity index (χ0) is 50.9. The fraction of sp³-hybridized carbons (Fsp3) is 0.588. The molecule has 0 aromatic heterocycles. The number of carbonyl (C=O) groups excluding carboxylic acids is 2. The molecule has 21 heteroatoms. The van der Waals surface area contributed by atoms with Crippen LogP contribution >= 0.6 is 12.6 Å². The van der Waals surface area contributed by atoms with Crippen LogP contribution in [-0.4, -0.2) is 206 Å². The van der Waals surface area contributed by atoms with Gasteiger partial charge in [0.15, 0.2) is 0 Å². The number of fused-ring (bicyclic) bond motifs is 3. The molecule has 0 aliphatic heterocycles. The Labute approximate surface area is 428 Å². The molecule has 1 aliphatic rings. The quantitative estimate of drug-likeness (QED) is 0.0311. The Hall–Kier alpha value is -4.30. The summed E-state index contributed by atoms with van der Waals surface area (Å²) in [5.41, 5.74) is 8.35. The van der Waals surface area contributed by atoms with Crippen molar-refractivity contribution in [3.05, 3.63) is 95.6 Å². The molecule has 2 atom stereocenters. The van der Waals surface area contributed by atoms with Crippen molar-refractivity contribution in [3.63, 3.8) is 0 Å². The van der Waals surface area contributed by atoms with Gasteiger partial charge in [0.1, 0.15) is 18.7 Å². The monoisotopic (exact) mass is 1030 g/mol. The summed E-state index contributed by atoms with van der Waals surface area (Å²) in [4.78, 5) is 41.8. The summed E-state index contributed by atoms with van der Waals surface area (Å²) in [5, 5.41) is 14.5. The summed E-state index contributed by atoms with van der Waals surface area (Å²) >= 11 is 4.00. The van der Waals surface area contributed by atoms with Crippen LogP contribution in [0.5, 0.6) is 0 Å². The molecule has 72 heavy (non-hydrogen) atoms. The van der Waals surface area contributed by atoms with Crippen molar-refractivity contribution in [1.82, 2.24) is 16.1 Å². The molecule has 402 valence electrons. The van der Waals surface area contributed by atoms with Crippen molar-refractivity contribution in [2.45, 2.75) is 24.4 Å². The van der Waals surface area contributed by atoms with Gasteiger partial charge in [-0.15, -0.1) is 0 Å². The van der Waals surface area contributed by atoms with Crippen LogP contribution in [0, 0.1) is 0 Å². The molecule has 1 aliphatic carbocycles. The average molecular weight is 1030 g/mol. The molecule has 4 N–H and O–H groups in total. The third-order valence-electron chi connectivity index (χ3n) is 10.5. The van der Waals surface area contributed by atoms with E-state index in [1.54, 1.807) is 0 Å². The van der Waals surface area contributed by atoms with Gasteiger partial charge in [-0.2, -0.15) is 18.1 Å². The number of amides is 2. The molecule has 0 spiro atoms. The van der Waals surface area contributed by atoms with Crippen LogP contribution in [0.3, 0.4) is 0 Å². The van der Waals surface area contributed by atoms with Gasteiger partial charge in [0.2, 0.25) is 5.91 Å². The van der Waals surface area contributed by atoms with E-state index in [-0.39, 0.29) is 31.5 Å². The first-order valence-corrected chi connectivity index (χ1v) is 25.1. The molecule has 0 saturated carbocycles. The molecule has 3 aromatic carbocycles. The number of benzene rings is 3. The second-order valence-corrected chi connectivity index (χ2v) is 16.1. The van der Waals surface area contributed by atoms with Crippen molar-refractivity contribution < 1.29 is 81.2 Å². The van der Waals surface area contributed by atoms with Crippen LogP contribution < -0.4 is 16.1 Å². The lowest BCUT2D eigenvalue weighted by atomic mass is 9.98. The van der Waals surface area contributed by atoms with E-state index in [1.807, 2.05) is 54.6 Å². The van der Waals surface area contributed by atoms with Crippen LogP contribution in [-0.2, 0) is 77.7 Å². The van der Waals surface area contributed by atoms with E-state index in [2.05, 4.69) is 53.0 Å². The number of hydrogen-bond donors (Lipinski definition) is 5. The van der Waals surface area contributed by atoms with Crippen molar-refractivity contribution in [3.8, 4) is 11.1 Å². The van der Waals surface area contributed by atoms with Crippen molar-refractivity contribution in [1.29, 1.82) is 0 Å². The molecule has 3 aromatic rings. The van der Waals surface area contributed by atoms with Gasteiger partial charge in [-0.1, -0.05) is 78.9 Å².